The van der Waals surface area contributed by atoms with Crippen LogP contribution in [0, 0.1) is 12.7 Å². The molecule has 0 bridgehead atoms. The molecule has 21 heavy (non-hydrogen) atoms. The molecule has 0 radical (unpaired) electrons. The van der Waals surface area contributed by atoms with Crippen molar-refractivity contribution in [3.63, 3.8) is 0 Å². The zero-order valence-electron chi connectivity index (χ0n) is 11.6. The lowest BCUT2D eigenvalue weighted by molar-refractivity contribution is 0.414. The van der Waals surface area contributed by atoms with E-state index in [9.17, 15) is 9.18 Å². The summed E-state index contributed by atoms with van der Waals surface area (Å²) in [7, 11) is 1.55. The van der Waals surface area contributed by atoms with Gasteiger partial charge in [-0.25, -0.2) is 4.39 Å². The summed E-state index contributed by atoms with van der Waals surface area (Å²) in [6, 6.07) is 9.36. The van der Waals surface area contributed by atoms with E-state index in [1.165, 1.54) is 18.4 Å². The van der Waals surface area contributed by atoms with Gasteiger partial charge < -0.3 is 9.15 Å². The van der Waals surface area contributed by atoms with Crippen LogP contribution in [0.3, 0.4) is 0 Å². The number of fused-ring (bicyclic) bond motifs is 1. The van der Waals surface area contributed by atoms with E-state index in [1.807, 2.05) is 0 Å². The third kappa shape index (κ3) is 2.29. The van der Waals surface area contributed by atoms with Crippen LogP contribution in [0.1, 0.15) is 5.56 Å². The maximum absolute atomic E-state index is 13.2. The molecule has 106 valence electrons. The molecule has 0 saturated heterocycles. The average Bonchev–Trinajstić information content (AvgIpc) is 2.48. The summed E-state index contributed by atoms with van der Waals surface area (Å²) in [5.41, 5.74) is 2.10. The van der Waals surface area contributed by atoms with Gasteiger partial charge in [-0.2, -0.15) is 0 Å². The Morgan fingerprint density at radius 2 is 1.90 bits per heavy atom. The van der Waals surface area contributed by atoms with Gasteiger partial charge in [-0.15, -0.1) is 0 Å². The Balaban J connectivity index is 2.25. The molecular weight excluding hydrogens is 271 g/mol. The number of hydrogen-bond acceptors (Lipinski definition) is 3. The Bertz CT molecular complexity index is 881. The van der Waals surface area contributed by atoms with Crippen LogP contribution in [0.25, 0.3) is 22.1 Å². The van der Waals surface area contributed by atoms with Gasteiger partial charge in [-0.3, -0.25) is 4.79 Å². The number of hydrogen-bond donors (Lipinski definition) is 0. The quantitative estimate of drug-likeness (QED) is 0.716. The number of methoxy groups -OCH3 is 1. The molecule has 0 atom stereocenters. The first-order valence-corrected chi connectivity index (χ1v) is 6.46. The van der Waals surface area contributed by atoms with Crippen LogP contribution >= 0.6 is 0 Å². The molecule has 0 aliphatic carbocycles. The standard InChI is InChI=1S/C17H13FO3/c1-10-7-11(18)3-5-13(10)15-9-21-16-8-12(20-2)4-6-14(16)17(15)19/h3-9H,1-2H3. The summed E-state index contributed by atoms with van der Waals surface area (Å²) in [6.45, 7) is 1.76. The van der Waals surface area contributed by atoms with Gasteiger partial charge in [0.15, 0.2) is 0 Å². The van der Waals surface area contributed by atoms with Gasteiger partial charge >= 0.3 is 0 Å². The largest absolute Gasteiger partial charge is 0.497 e. The van der Waals surface area contributed by atoms with E-state index in [0.717, 1.165) is 0 Å². The highest BCUT2D eigenvalue weighted by Crippen LogP contribution is 2.25. The smallest absolute Gasteiger partial charge is 0.200 e. The lowest BCUT2D eigenvalue weighted by Gasteiger charge is -2.07. The van der Waals surface area contributed by atoms with Crippen molar-refractivity contribution in [3.8, 4) is 16.9 Å². The first-order valence-electron chi connectivity index (χ1n) is 6.46. The van der Waals surface area contributed by atoms with E-state index < -0.39 is 0 Å². The molecule has 0 N–H and O–H groups in total. The minimum atomic E-state index is -0.328. The van der Waals surface area contributed by atoms with Gasteiger partial charge in [-0.1, -0.05) is 6.07 Å². The highest BCUT2D eigenvalue weighted by atomic mass is 19.1. The monoisotopic (exact) mass is 284 g/mol. The zero-order valence-corrected chi connectivity index (χ0v) is 11.6. The zero-order chi connectivity index (χ0) is 15.0. The number of ether oxygens (including phenoxy) is 1. The van der Waals surface area contributed by atoms with Gasteiger partial charge in [0, 0.05) is 6.07 Å². The number of benzene rings is 2. The second-order valence-electron chi connectivity index (χ2n) is 4.80. The minimum absolute atomic E-state index is 0.145. The van der Waals surface area contributed by atoms with Crippen molar-refractivity contribution in [3.05, 3.63) is 64.3 Å². The maximum Gasteiger partial charge on any atom is 0.200 e. The first kappa shape index (κ1) is 13.4. The van der Waals surface area contributed by atoms with Crippen molar-refractivity contribution in [2.24, 2.45) is 0 Å². The Kier molecular flexibility index (Phi) is 3.22. The fourth-order valence-electron chi connectivity index (χ4n) is 2.35. The molecule has 0 saturated carbocycles. The molecule has 0 amide bonds. The first-order chi connectivity index (χ1) is 10.1. The Morgan fingerprint density at radius 3 is 2.62 bits per heavy atom. The summed E-state index contributed by atoms with van der Waals surface area (Å²) in [5.74, 6) is 0.294. The Labute approximate surface area is 120 Å². The van der Waals surface area contributed by atoms with Gasteiger partial charge in [0.05, 0.1) is 18.1 Å². The summed E-state index contributed by atoms with van der Waals surface area (Å²) < 4.78 is 23.8. The fourth-order valence-corrected chi connectivity index (χ4v) is 2.35. The molecule has 3 nitrogen and oxygen atoms in total. The van der Waals surface area contributed by atoms with Crippen LogP contribution in [0.2, 0.25) is 0 Å². The van der Waals surface area contributed by atoms with E-state index in [-0.39, 0.29) is 11.2 Å². The minimum Gasteiger partial charge on any atom is -0.497 e. The van der Waals surface area contributed by atoms with E-state index >= 15 is 0 Å². The van der Waals surface area contributed by atoms with Crippen LogP contribution in [0.15, 0.2) is 51.9 Å². The highest BCUT2D eigenvalue weighted by molar-refractivity contribution is 5.83. The highest BCUT2D eigenvalue weighted by Gasteiger charge is 2.12. The molecule has 2 aromatic carbocycles. The van der Waals surface area contributed by atoms with Crippen LogP contribution < -0.4 is 10.2 Å². The van der Waals surface area contributed by atoms with Crippen molar-refractivity contribution in [2.45, 2.75) is 6.92 Å². The van der Waals surface area contributed by atoms with Crippen LogP contribution in [0.4, 0.5) is 4.39 Å². The number of aryl methyl sites for hydroxylation is 1. The van der Waals surface area contributed by atoms with Gasteiger partial charge in [0.1, 0.15) is 23.4 Å². The third-order valence-electron chi connectivity index (χ3n) is 3.46. The molecule has 0 unspecified atom stereocenters. The van der Waals surface area contributed by atoms with E-state index in [1.54, 1.807) is 38.3 Å². The van der Waals surface area contributed by atoms with E-state index in [0.29, 0.717) is 33.4 Å². The van der Waals surface area contributed by atoms with Crippen molar-refractivity contribution in [1.29, 1.82) is 0 Å². The lowest BCUT2D eigenvalue weighted by Crippen LogP contribution is -2.05. The summed E-state index contributed by atoms with van der Waals surface area (Å²) in [5, 5.41) is 0.469. The second kappa shape index (κ2) is 5.05. The summed E-state index contributed by atoms with van der Waals surface area (Å²) in [4.78, 5) is 12.6. The van der Waals surface area contributed by atoms with Crippen molar-refractivity contribution in [1.82, 2.24) is 0 Å². The molecule has 3 aromatic rings. The summed E-state index contributed by atoms with van der Waals surface area (Å²) in [6.07, 6.45) is 1.41. The predicted molar refractivity (Wildman–Crippen MR) is 79.2 cm³/mol. The molecular formula is C17H13FO3. The van der Waals surface area contributed by atoms with Crippen molar-refractivity contribution >= 4 is 11.0 Å². The normalized spacial score (nSPS) is 10.8. The SMILES string of the molecule is COc1ccc2c(=O)c(-c3ccc(F)cc3C)coc2c1. The molecule has 0 aliphatic heterocycles. The van der Waals surface area contributed by atoms with E-state index in [2.05, 4.69) is 0 Å². The summed E-state index contributed by atoms with van der Waals surface area (Å²) >= 11 is 0. The maximum atomic E-state index is 13.2. The Morgan fingerprint density at radius 1 is 1.10 bits per heavy atom. The van der Waals surface area contributed by atoms with Crippen LogP contribution in [0.5, 0.6) is 5.75 Å². The van der Waals surface area contributed by atoms with Crippen LogP contribution in [-0.2, 0) is 0 Å². The molecule has 0 spiro atoms. The molecule has 0 fully saturated rings. The topological polar surface area (TPSA) is 39.4 Å². The Hall–Kier alpha value is -2.62. The molecule has 0 aliphatic rings. The lowest BCUT2D eigenvalue weighted by atomic mass is 10.0. The van der Waals surface area contributed by atoms with Gasteiger partial charge in [0.25, 0.3) is 0 Å². The fraction of sp³-hybridized carbons (Fsp3) is 0.118. The molecule has 1 aromatic heterocycles. The predicted octanol–water partition coefficient (Wildman–Crippen LogP) is 3.92. The molecule has 1 heterocycles. The van der Waals surface area contributed by atoms with Crippen molar-refractivity contribution < 1.29 is 13.5 Å². The van der Waals surface area contributed by atoms with Gasteiger partial charge in [0.2, 0.25) is 5.43 Å². The van der Waals surface area contributed by atoms with Crippen LogP contribution in [-0.4, -0.2) is 7.11 Å². The molecule has 4 heteroatoms. The number of rotatable bonds is 2. The molecule has 3 rings (SSSR count). The van der Waals surface area contributed by atoms with Gasteiger partial charge in [-0.05, 0) is 42.3 Å². The average molecular weight is 284 g/mol. The third-order valence-corrected chi connectivity index (χ3v) is 3.46. The van der Waals surface area contributed by atoms with E-state index in [4.69, 9.17) is 9.15 Å². The van der Waals surface area contributed by atoms with Crippen molar-refractivity contribution in [2.75, 3.05) is 7.11 Å². The second-order valence-corrected chi connectivity index (χ2v) is 4.80. The number of halogens is 1.